The van der Waals surface area contributed by atoms with Gasteiger partial charge >= 0.3 is 6.18 Å². The van der Waals surface area contributed by atoms with Crippen molar-refractivity contribution in [2.45, 2.75) is 77.2 Å². The van der Waals surface area contributed by atoms with Crippen molar-refractivity contribution in [3.05, 3.63) is 42.2 Å². The summed E-state index contributed by atoms with van der Waals surface area (Å²) in [6.07, 6.45) is 4.04. The summed E-state index contributed by atoms with van der Waals surface area (Å²) in [6, 6.07) is 0.404. The number of alkyl halides is 3. The number of nitrogens with one attached hydrogen (secondary N) is 1. The van der Waals surface area contributed by atoms with E-state index in [0.717, 1.165) is 12.7 Å². The number of amides is 2. The average molecular weight is 599 g/mol. The number of aliphatic imine (C=N–C) groups is 1. The molecule has 0 spiro atoms. The first-order valence-corrected chi connectivity index (χ1v) is 13.4. The highest BCUT2D eigenvalue weighted by atomic mass is 19.4. The van der Waals surface area contributed by atoms with Gasteiger partial charge in [-0.2, -0.15) is 13.2 Å². The number of guanidine groups is 1. The number of halogens is 4. The van der Waals surface area contributed by atoms with Gasteiger partial charge in [0.1, 0.15) is 17.2 Å². The minimum Gasteiger partial charge on any atom is -0.487 e. The monoisotopic (exact) mass is 598 g/mol. The summed E-state index contributed by atoms with van der Waals surface area (Å²) < 4.78 is 65.3. The Labute approximate surface area is 245 Å². The lowest BCUT2D eigenvalue weighted by atomic mass is 9.87. The van der Waals surface area contributed by atoms with Crippen LogP contribution < -0.4 is 15.8 Å². The number of ether oxygens (including phenoxy) is 2. The van der Waals surface area contributed by atoms with Crippen LogP contribution in [0.15, 0.2) is 30.3 Å². The van der Waals surface area contributed by atoms with Crippen LogP contribution >= 0.6 is 0 Å². The number of hydrogen-bond donors (Lipinski definition) is 2. The smallest absolute Gasteiger partial charge is 0.419 e. The third kappa shape index (κ3) is 9.21. The van der Waals surface area contributed by atoms with E-state index in [1.54, 1.807) is 34.8 Å². The first-order chi connectivity index (χ1) is 19.5. The van der Waals surface area contributed by atoms with Crippen molar-refractivity contribution in [3.63, 3.8) is 0 Å². The van der Waals surface area contributed by atoms with Crippen LogP contribution in [0.1, 0.15) is 71.0 Å². The molecule has 234 valence electrons. The van der Waals surface area contributed by atoms with Crippen LogP contribution in [0.3, 0.4) is 0 Å². The second-order valence-electron chi connectivity index (χ2n) is 11.1. The first kappa shape index (κ1) is 36.4. The summed E-state index contributed by atoms with van der Waals surface area (Å²) in [5, 5.41) is 2.72. The van der Waals surface area contributed by atoms with Crippen LogP contribution in [0.25, 0.3) is 0 Å². The van der Waals surface area contributed by atoms with E-state index < -0.39 is 52.3 Å². The Balaban J connectivity index is 0.000000998. The Morgan fingerprint density at radius 3 is 2.33 bits per heavy atom. The predicted octanol–water partition coefficient (Wildman–Crippen LogP) is 5.23. The lowest BCUT2D eigenvalue weighted by Crippen LogP contribution is -2.50. The molecule has 1 aromatic carbocycles. The van der Waals surface area contributed by atoms with Crippen molar-refractivity contribution in [2.75, 3.05) is 20.3 Å². The van der Waals surface area contributed by atoms with E-state index in [1.807, 2.05) is 6.92 Å². The molecule has 0 radical (unpaired) electrons. The normalized spacial score (nSPS) is 23.0. The van der Waals surface area contributed by atoms with Gasteiger partial charge in [0.05, 0.1) is 29.1 Å². The number of carbonyl (C=O) groups excluding carboxylic acids is 2. The van der Waals surface area contributed by atoms with Crippen molar-refractivity contribution in [3.8, 4) is 18.6 Å². The van der Waals surface area contributed by atoms with Gasteiger partial charge in [-0.05, 0) is 59.1 Å². The van der Waals surface area contributed by atoms with Crippen LogP contribution in [0.5, 0.6) is 5.75 Å². The standard InChI is InChI=1S/C23H28F4N4O3.C3H8O.C2H4.C2H2/c1-21(2)9-16(32)31(20(28)30-21)10-11-7-12(11)19(33)29-15-8-22(3,4)34-18-13(23(25,26)27)5-6-14(24)17(15)18;1-3-4-2;2*1-2/h5-6,11-12,15H,7-10H2,1-4H3,(H2,28,30)(H,29,33);3H2,1-2H3;1-2H2;1-2H/t11-,12?,15?;;;/m1.../s1. The van der Waals surface area contributed by atoms with Crippen LogP contribution in [0, 0.1) is 30.5 Å². The number of nitrogens with two attached hydrogens (primary N) is 1. The maximum atomic E-state index is 14.7. The SMILES string of the molecule is C#C.C=C.CC1(C)CC(=O)N(C[C@H]2CC2C(=O)NC2CC(C)(C)Oc3c(C(F)(F)F)ccc(F)c32)C(N)=N1.CCOC. The molecular formula is C30H42F4N4O4. The third-order valence-corrected chi connectivity index (χ3v) is 6.73. The molecule has 42 heavy (non-hydrogen) atoms. The van der Waals surface area contributed by atoms with Gasteiger partial charge in [-0.1, -0.05) is 0 Å². The molecule has 1 fully saturated rings. The number of terminal acetylenes is 1. The molecule has 2 aliphatic heterocycles. The van der Waals surface area contributed by atoms with Crippen LogP contribution in [0.4, 0.5) is 17.6 Å². The lowest BCUT2D eigenvalue weighted by Gasteiger charge is -2.39. The molecule has 0 saturated heterocycles. The number of carbonyl (C=O) groups is 2. The zero-order valence-electron chi connectivity index (χ0n) is 25.1. The van der Waals surface area contributed by atoms with Gasteiger partial charge in [0.25, 0.3) is 0 Å². The van der Waals surface area contributed by atoms with Gasteiger partial charge in [0, 0.05) is 32.6 Å². The number of methoxy groups -OCH3 is 1. The highest BCUT2D eigenvalue weighted by Gasteiger charge is 2.49. The molecular weight excluding hydrogens is 556 g/mol. The van der Waals surface area contributed by atoms with E-state index in [4.69, 9.17) is 10.5 Å². The van der Waals surface area contributed by atoms with E-state index in [9.17, 15) is 27.2 Å². The van der Waals surface area contributed by atoms with Gasteiger partial charge in [-0.3, -0.25) is 14.5 Å². The van der Waals surface area contributed by atoms with E-state index in [1.165, 1.54) is 4.90 Å². The van der Waals surface area contributed by atoms with Crippen LogP contribution in [0.2, 0.25) is 0 Å². The topological polar surface area (TPSA) is 106 Å². The Bertz CT molecular complexity index is 1160. The van der Waals surface area contributed by atoms with Crippen molar-refractivity contribution < 1.29 is 36.6 Å². The van der Waals surface area contributed by atoms with Crippen LogP contribution in [-0.4, -0.2) is 54.1 Å². The zero-order chi connectivity index (χ0) is 32.6. The molecule has 3 atom stereocenters. The van der Waals surface area contributed by atoms with Gasteiger partial charge in [-0.15, -0.1) is 26.0 Å². The van der Waals surface area contributed by atoms with Crippen molar-refractivity contribution in [1.82, 2.24) is 10.2 Å². The number of rotatable bonds is 5. The maximum Gasteiger partial charge on any atom is 0.419 e. The molecule has 2 heterocycles. The van der Waals surface area contributed by atoms with E-state index in [0.29, 0.717) is 12.5 Å². The zero-order valence-corrected chi connectivity index (χ0v) is 25.1. The molecule has 3 N–H and O–H groups in total. The summed E-state index contributed by atoms with van der Waals surface area (Å²) in [6.45, 7) is 15.8. The molecule has 8 nitrogen and oxygen atoms in total. The molecule has 1 aromatic rings. The molecule has 0 bridgehead atoms. The van der Waals surface area contributed by atoms with Gasteiger partial charge in [0.2, 0.25) is 11.8 Å². The summed E-state index contributed by atoms with van der Waals surface area (Å²) in [4.78, 5) is 31.1. The summed E-state index contributed by atoms with van der Waals surface area (Å²) in [7, 11) is 1.68. The Kier molecular flexibility index (Phi) is 12.6. The summed E-state index contributed by atoms with van der Waals surface area (Å²) in [5.41, 5.74) is 2.93. The lowest BCUT2D eigenvalue weighted by molar-refractivity contribution is -0.140. The fourth-order valence-corrected chi connectivity index (χ4v) is 4.75. The minimum absolute atomic E-state index is 0.0979. The van der Waals surface area contributed by atoms with E-state index in [2.05, 4.69) is 41.1 Å². The number of benzene rings is 1. The van der Waals surface area contributed by atoms with E-state index in [-0.39, 0.29) is 42.7 Å². The van der Waals surface area contributed by atoms with Gasteiger partial charge in [-0.25, -0.2) is 9.38 Å². The fourth-order valence-electron chi connectivity index (χ4n) is 4.75. The Morgan fingerprint density at radius 1 is 1.26 bits per heavy atom. The van der Waals surface area contributed by atoms with Crippen molar-refractivity contribution in [2.24, 2.45) is 22.6 Å². The number of nitrogens with zero attached hydrogens (tertiary/aromatic N) is 2. The average Bonchev–Trinajstić information content (AvgIpc) is 3.66. The molecule has 0 aromatic heterocycles. The molecule has 2 amide bonds. The third-order valence-electron chi connectivity index (χ3n) is 6.73. The molecule has 1 saturated carbocycles. The summed E-state index contributed by atoms with van der Waals surface area (Å²) in [5.74, 6) is -2.57. The highest BCUT2D eigenvalue weighted by Crippen LogP contribution is 2.48. The molecule has 1 aliphatic carbocycles. The second-order valence-corrected chi connectivity index (χ2v) is 11.1. The van der Waals surface area contributed by atoms with E-state index >= 15 is 0 Å². The Morgan fingerprint density at radius 2 is 1.83 bits per heavy atom. The minimum atomic E-state index is -4.74. The molecule has 4 rings (SSSR count). The highest BCUT2D eigenvalue weighted by molar-refractivity contribution is 5.99. The molecule has 2 unspecified atom stereocenters. The first-order valence-electron chi connectivity index (χ1n) is 13.4. The fraction of sp³-hybridized carbons (Fsp3) is 0.567. The largest absolute Gasteiger partial charge is 0.487 e. The quantitative estimate of drug-likeness (QED) is 0.274. The number of hydrogen-bond acceptors (Lipinski definition) is 6. The predicted molar refractivity (Wildman–Crippen MR) is 154 cm³/mol. The van der Waals surface area contributed by atoms with Gasteiger partial charge in [0.15, 0.2) is 5.96 Å². The van der Waals surface area contributed by atoms with Crippen LogP contribution in [-0.2, 0) is 20.5 Å². The maximum absolute atomic E-state index is 14.7. The molecule has 3 aliphatic rings. The second kappa shape index (κ2) is 14.5. The van der Waals surface area contributed by atoms with Gasteiger partial charge < -0.3 is 20.5 Å². The number of fused-ring (bicyclic) bond motifs is 1. The molecule has 12 heteroatoms. The van der Waals surface area contributed by atoms with Crippen molar-refractivity contribution in [1.29, 1.82) is 0 Å². The Hall–Kier alpha value is -3.59. The summed E-state index contributed by atoms with van der Waals surface area (Å²) >= 11 is 0. The van der Waals surface area contributed by atoms with Crippen molar-refractivity contribution >= 4 is 17.8 Å².